The van der Waals surface area contributed by atoms with Crippen molar-refractivity contribution < 1.29 is 9.90 Å². The number of amides is 1. The first-order chi connectivity index (χ1) is 9.19. The fraction of sp³-hybridized carbons (Fsp3) is 0.286. The maximum absolute atomic E-state index is 11.0. The lowest BCUT2D eigenvalue weighted by Gasteiger charge is -2.03. The third-order valence-electron chi connectivity index (χ3n) is 2.57. The van der Waals surface area contributed by atoms with Crippen LogP contribution in [0.1, 0.15) is 19.0 Å². The van der Waals surface area contributed by atoms with E-state index in [9.17, 15) is 4.79 Å². The summed E-state index contributed by atoms with van der Waals surface area (Å²) in [5, 5.41) is 14.5. The number of aryl methyl sites for hydroxylation is 1. The monoisotopic (exact) mass is 276 g/mol. The molecule has 2 aromatic rings. The van der Waals surface area contributed by atoms with Crippen molar-refractivity contribution in [3.8, 4) is 10.6 Å². The molecule has 1 aromatic carbocycles. The van der Waals surface area contributed by atoms with Gasteiger partial charge < -0.3 is 10.4 Å². The molecule has 0 aliphatic carbocycles. The standard InChI is InChI=1S/C14H16N2O2S/c1-10(18)15-12-5-2-4-11(8-12)14-16-13(9-19-14)6-3-7-17/h2,4-5,8-9,17H,3,6-7H2,1H3,(H,15,18). The molecule has 0 aliphatic rings. The van der Waals surface area contributed by atoms with Crippen LogP contribution in [0.3, 0.4) is 0 Å². The van der Waals surface area contributed by atoms with E-state index in [0.717, 1.165) is 34.8 Å². The first-order valence-electron chi connectivity index (χ1n) is 6.12. The zero-order valence-corrected chi connectivity index (χ0v) is 11.5. The van der Waals surface area contributed by atoms with E-state index in [2.05, 4.69) is 10.3 Å². The number of benzene rings is 1. The van der Waals surface area contributed by atoms with Crippen LogP contribution in [0.15, 0.2) is 29.6 Å². The lowest BCUT2D eigenvalue weighted by molar-refractivity contribution is -0.114. The van der Waals surface area contributed by atoms with Gasteiger partial charge in [0, 0.05) is 30.2 Å². The molecular formula is C14H16N2O2S. The first kappa shape index (κ1) is 13.7. The van der Waals surface area contributed by atoms with E-state index >= 15 is 0 Å². The minimum Gasteiger partial charge on any atom is -0.396 e. The molecule has 0 aliphatic heterocycles. The van der Waals surface area contributed by atoms with Crippen LogP contribution in [0.5, 0.6) is 0 Å². The number of carbonyl (C=O) groups excluding carboxylic acids is 1. The highest BCUT2D eigenvalue weighted by molar-refractivity contribution is 7.13. The van der Waals surface area contributed by atoms with Gasteiger partial charge in [-0.15, -0.1) is 11.3 Å². The van der Waals surface area contributed by atoms with Crippen LogP contribution in [-0.2, 0) is 11.2 Å². The van der Waals surface area contributed by atoms with E-state index in [1.165, 1.54) is 6.92 Å². The SMILES string of the molecule is CC(=O)Nc1cccc(-c2nc(CCCO)cs2)c1. The van der Waals surface area contributed by atoms with E-state index in [0.29, 0.717) is 0 Å². The van der Waals surface area contributed by atoms with E-state index in [-0.39, 0.29) is 12.5 Å². The highest BCUT2D eigenvalue weighted by Gasteiger charge is 2.06. The van der Waals surface area contributed by atoms with Crippen molar-refractivity contribution >= 4 is 22.9 Å². The summed E-state index contributed by atoms with van der Waals surface area (Å²) in [7, 11) is 0. The van der Waals surface area contributed by atoms with Gasteiger partial charge >= 0.3 is 0 Å². The fourth-order valence-electron chi connectivity index (χ4n) is 1.75. The Morgan fingerprint density at radius 1 is 1.47 bits per heavy atom. The van der Waals surface area contributed by atoms with Crippen LogP contribution in [0.25, 0.3) is 10.6 Å². The number of thiazole rings is 1. The van der Waals surface area contributed by atoms with E-state index in [1.807, 2.05) is 29.6 Å². The maximum atomic E-state index is 11.0. The molecule has 5 heteroatoms. The zero-order valence-electron chi connectivity index (χ0n) is 10.7. The number of hydrogen-bond donors (Lipinski definition) is 2. The van der Waals surface area contributed by atoms with Crippen molar-refractivity contribution in [3.63, 3.8) is 0 Å². The van der Waals surface area contributed by atoms with Crippen molar-refractivity contribution in [2.24, 2.45) is 0 Å². The highest BCUT2D eigenvalue weighted by atomic mass is 32.1. The van der Waals surface area contributed by atoms with Crippen LogP contribution in [-0.4, -0.2) is 22.6 Å². The van der Waals surface area contributed by atoms with Crippen LogP contribution in [0, 0.1) is 0 Å². The predicted octanol–water partition coefficient (Wildman–Crippen LogP) is 2.69. The van der Waals surface area contributed by atoms with Crippen molar-refractivity contribution in [1.82, 2.24) is 4.98 Å². The lowest BCUT2D eigenvalue weighted by atomic mass is 10.2. The molecule has 100 valence electrons. The molecule has 0 unspecified atom stereocenters. The van der Waals surface area contributed by atoms with Gasteiger partial charge in [-0.1, -0.05) is 12.1 Å². The molecule has 1 amide bonds. The van der Waals surface area contributed by atoms with E-state index in [4.69, 9.17) is 5.11 Å². The Kier molecular flexibility index (Phi) is 4.65. The number of aromatic nitrogens is 1. The number of anilines is 1. The quantitative estimate of drug-likeness (QED) is 0.882. The number of carbonyl (C=O) groups is 1. The summed E-state index contributed by atoms with van der Waals surface area (Å²) in [4.78, 5) is 15.6. The van der Waals surface area contributed by atoms with Gasteiger partial charge in [0.2, 0.25) is 5.91 Å². The summed E-state index contributed by atoms with van der Waals surface area (Å²) >= 11 is 1.58. The second kappa shape index (κ2) is 6.45. The van der Waals surface area contributed by atoms with Crippen molar-refractivity contribution in [1.29, 1.82) is 0 Å². The molecule has 0 atom stereocenters. The number of aliphatic hydroxyl groups is 1. The Morgan fingerprint density at radius 2 is 2.32 bits per heavy atom. The molecule has 0 radical (unpaired) electrons. The van der Waals surface area contributed by atoms with Gasteiger partial charge in [0.1, 0.15) is 5.01 Å². The van der Waals surface area contributed by atoms with Crippen molar-refractivity contribution in [2.45, 2.75) is 19.8 Å². The first-order valence-corrected chi connectivity index (χ1v) is 7.00. The van der Waals surface area contributed by atoms with Gasteiger partial charge in [0.15, 0.2) is 0 Å². The maximum Gasteiger partial charge on any atom is 0.221 e. The third-order valence-corrected chi connectivity index (χ3v) is 3.51. The zero-order chi connectivity index (χ0) is 13.7. The number of rotatable bonds is 5. The van der Waals surface area contributed by atoms with Gasteiger partial charge in [-0.2, -0.15) is 0 Å². The Labute approximate surface area is 116 Å². The topological polar surface area (TPSA) is 62.2 Å². The minimum atomic E-state index is -0.0834. The smallest absolute Gasteiger partial charge is 0.221 e. The minimum absolute atomic E-state index is 0.0834. The van der Waals surface area contributed by atoms with Gasteiger partial charge in [-0.3, -0.25) is 4.79 Å². The largest absolute Gasteiger partial charge is 0.396 e. The summed E-state index contributed by atoms with van der Waals surface area (Å²) in [6, 6.07) is 7.64. The van der Waals surface area contributed by atoms with Crippen LogP contribution >= 0.6 is 11.3 Å². The summed E-state index contributed by atoms with van der Waals surface area (Å²) in [5.74, 6) is -0.0834. The van der Waals surface area contributed by atoms with Gasteiger partial charge in [-0.05, 0) is 25.0 Å². The summed E-state index contributed by atoms with van der Waals surface area (Å²) < 4.78 is 0. The molecule has 4 nitrogen and oxygen atoms in total. The molecule has 0 spiro atoms. The molecule has 1 heterocycles. The lowest BCUT2D eigenvalue weighted by Crippen LogP contribution is -2.05. The third kappa shape index (κ3) is 3.87. The normalized spacial score (nSPS) is 10.4. The average Bonchev–Trinajstić information content (AvgIpc) is 2.84. The van der Waals surface area contributed by atoms with Crippen LogP contribution in [0.2, 0.25) is 0 Å². The summed E-state index contributed by atoms with van der Waals surface area (Å²) in [5.41, 5.74) is 2.77. The highest BCUT2D eigenvalue weighted by Crippen LogP contribution is 2.26. The number of hydrogen-bond acceptors (Lipinski definition) is 4. The summed E-state index contributed by atoms with van der Waals surface area (Å²) in [6.07, 6.45) is 1.52. The molecule has 1 aromatic heterocycles. The molecule has 0 fully saturated rings. The Morgan fingerprint density at radius 3 is 3.05 bits per heavy atom. The molecule has 0 saturated carbocycles. The fourth-order valence-corrected chi connectivity index (χ4v) is 2.60. The molecule has 0 bridgehead atoms. The molecular weight excluding hydrogens is 260 g/mol. The molecule has 19 heavy (non-hydrogen) atoms. The number of nitrogens with zero attached hydrogens (tertiary/aromatic N) is 1. The van der Waals surface area contributed by atoms with Gasteiger partial charge in [0.25, 0.3) is 0 Å². The van der Waals surface area contributed by atoms with Crippen molar-refractivity contribution in [2.75, 3.05) is 11.9 Å². The van der Waals surface area contributed by atoms with Gasteiger partial charge in [0.05, 0.1) is 5.69 Å². The van der Waals surface area contributed by atoms with Crippen molar-refractivity contribution in [3.05, 3.63) is 35.3 Å². The Bertz CT molecular complexity index is 566. The Balaban J connectivity index is 2.16. The predicted molar refractivity (Wildman–Crippen MR) is 77.3 cm³/mol. The average molecular weight is 276 g/mol. The summed E-state index contributed by atoms with van der Waals surface area (Å²) in [6.45, 7) is 1.67. The van der Waals surface area contributed by atoms with E-state index in [1.54, 1.807) is 11.3 Å². The molecule has 2 rings (SSSR count). The second-order valence-electron chi connectivity index (χ2n) is 4.23. The molecule has 2 N–H and O–H groups in total. The Hall–Kier alpha value is -1.72. The number of aliphatic hydroxyl groups excluding tert-OH is 1. The van der Waals surface area contributed by atoms with Crippen LogP contribution < -0.4 is 5.32 Å². The number of nitrogens with one attached hydrogen (secondary N) is 1. The van der Waals surface area contributed by atoms with E-state index < -0.39 is 0 Å². The van der Waals surface area contributed by atoms with Gasteiger partial charge in [-0.25, -0.2) is 4.98 Å². The molecule has 0 saturated heterocycles. The van der Waals surface area contributed by atoms with Crippen LogP contribution in [0.4, 0.5) is 5.69 Å². The second-order valence-corrected chi connectivity index (χ2v) is 5.09.